The number of nitrogens with one attached hydrogen (secondary N) is 1. The molecule has 0 bridgehead atoms. The third kappa shape index (κ3) is 2.70. The number of carboxylic acid groups (broad SMARTS) is 1. The number of rotatable bonds is 4. The fraction of sp³-hybridized carbons (Fsp3) is 0.875. The van der Waals surface area contributed by atoms with Crippen molar-refractivity contribution in [1.82, 2.24) is 5.32 Å². The predicted octanol–water partition coefficient (Wildman–Crippen LogP) is 2.72. The largest absolute Gasteiger partial charge is 0.481 e. The number of carbonyl (C=O) groups excluding carboxylic acids is 1. The lowest BCUT2D eigenvalue weighted by Crippen LogP contribution is -2.51. The van der Waals surface area contributed by atoms with Crippen molar-refractivity contribution >= 4 is 11.9 Å². The van der Waals surface area contributed by atoms with Crippen molar-refractivity contribution in [3.8, 4) is 0 Å². The maximum absolute atomic E-state index is 12.5. The minimum atomic E-state index is -0.791. The fourth-order valence-electron chi connectivity index (χ4n) is 4.59. The van der Waals surface area contributed by atoms with E-state index in [1.165, 1.54) is 25.7 Å². The summed E-state index contributed by atoms with van der Waals surface area (Å²) >= 11 is 0. The minimum Gasteiger partial charge on any atom is -0.481 e. The lowest BCUT2D eigenvalue weighted by Gasteiger charge is -2.37. The minimum absolute atomic E-state index is 0.0841. The molecule has 0 aliphatic heterocycles. The first kappa shape index (κ1) is 13.9. The van der Waals surface area contributed by atoms with E-state index in [0.717, 1.165) is 32.1 Å². The Morgan fingerprint density at radius 1 is 1.00 bits per heavy atom. The lowest BCUT2D eigenvalue weighted by molar-refractivity contribution is -0.139. The molecule has 3 fully saturated rings. The van der Waals surface area contributed by atoms with Gasteiger partial charge < -0.3 is 10.4 Å². The lowest BCUT2D eigenvalue weighted by atomic mass is 9.79. The predicted molar refractivity (Wildman–Crippen MR) is 75.1 cm³/mol. The Kier molecular flexibility index (Phi) is 3.74. The Labute approximate surface area is 120 Å². The molecule has 3 aliphatic carbocycles. The van der Waals surface area contributed by atoms with Crippen LogP contribution >= 0.6 is 0 Å². The van der Waals surface area contributed by atoms with Crippen LogP contribution in [0, 0.1) is 17.8 Å². The smallest absolute Gasteiger partial charge is 0.305 e. The second kappa shape index (κ2) is 5.38. The number of amides is 1. The van der Waals surface area contributed by atoms with E-state index in [1.54, 1.807) is 0 Å². The van der Waals surface area contributed by atoms with Gasteiger partial charge in [0.1, 0.15) is 0 Å². The zero-order chi connectivity index (χ0) is 14.2. The quantitative estimate of drug-likeness (QED) is 0.831. The van der Waals surface area contributed by atoms with E-state index in [4.69, 9.17) is 5.11 Å². The van der Waals surface area contributed by atoms with E-state index < -0.39 is 11.5 Å². The van der Waals surface area contributed by atoms with Crippen molar-refractivity contribution in [2.75, 3.05) is 0 Å². The first-order valence-corrected chi connectivity index (χ1v) is 8.15. The van der Waals surface area contributed by atoms with Gasteiger partial charge in [-0.15, -0.1) is 0 Å². The molecule has 0 spiro atoms. The summed E-state index contributed by atoms with van der Waals surface area (Å²) in [4.78, 5) is 23.7. The van der Waals surface area contributed by atoms with E-state index in [2.05, 4.69) is 5.32 Å². The van der Waals surface area contributed by atoms with Gasteiger partial charge >= 0.3 is 5.97 Å². The van der Waals surface area contributed by atoms with Crippen LogP contribution in [0.3, 0.4) is 0 Å². The topological polar surface area (TPSA) is 66.4 Å². The van der Waals surface area contributed by atoms with Gasteiger partial charge in [-0.2, -0.15) is 0 Å². The maximum Gasteiger partial charge on any atom is 0.305 e. The first-order chi connectivity index (χ1) is 9.61. The average molecular weight is 279 g/mol. The molecular weight excluding hydrogens is 254 g/mol. The van der Waals surface area contributed by atoms with E-state index >= 15 is 0 Å². The van der Waals surface area contributed by atoms with Crippen LogP contribution in [0.5, 0.6) is 0 Å². The molecule has 0 saturated heterocycles. The highest BCUT2D eigenvalue weighted by atomic mass is 16.4. The molecule has 2 unspecified atom stereocenters. The van der Waals surface area contributed by atoms with Crippen molar-refractivity contribution in [1.29, 1.82) is 0 Å². The van der Waals surface area contributed by atoms with Crippen LogP contribution in [0.15, 0.2) is 0 Å². The number of hydrogen-bond acceptors (Lipinski definition) is 2. The van der Waals surface area contributed by atoms with Gasteiger partial charge in [-0.05, 0) is 37.5 Å². The van der Waals surface area contributed by atoms with Gasteiger partial charge in [0, 0.05) is 5.92 Å². The molecule has 4 heteroatoms. The van der Waals surface area contributed by atoms with E-state index in [9.17, 15) is 9.59 Å². The first-order valence-electron chi connectivity index (χ1n) is 8.15. The molecule has 0 aromatic carbocycles. The molecule has 3 rings (SSSR count). The monoisotopic (exact) mass is 279 g/mol. The van der Waals surface area contributed by atoms with Crippen molar-refractivity contribution in [2.24, 2.45) is 17.8 Å². The molecule has 0 aromatic heterocycles. The van der Waals surface area contributed by atoms with E-state index in [0.29, 0.717) is 11.8 Å². The zero-order valence-corrected chi connectivity index (χ0v) is 12.1. The average Bonchev–Trinajstić information content (AvgIpc) is 3.12. The Balaban J connectivity index is 1.64. The highest BCUT2D eigenvalue weighted by Crippen LogP contribution is 2.55. The maximum atomic E-state index is 12.5. The van der Waals surface area contributed by atoms with Crippen LogP contribution in [0.4, 0.5) is 0 Å². The van der Waals surface area contributed by atoms with Crippen LogP contribution < -0.4 is 5.32 Å². The second-order valence-corrected chi connectivity index (χ2v) is 7.04. The Morgan fingerprint density at radius 2 is 1.60 bits per heavy atom. The summed E-state index contributed by atoms with van der Waals surface area (Å²) in [5, 5.41) is 12.3. The van der Waals surface area contributed by atoms with Gasteiger partial charge in [-0.25, -0.2) is 0 Å². The van der Waals surface area contributed by atoms with Crippen LogP contribution in [-0.4, -0.2) is 22.5 Å². The molecule has 0 aromatic rings. The van der Waals surface area contributed by atoms with Gasteiger partial charge in [-0.3, -0.25) is 9.59 Å². The SMILES string of the molecule is O=C(O)CC1(NC(=O)C2C3CCCCC32)CCCCC1. The van der Waals surface area contributed by atoms with Crippen LogP contribution in [0.2, 0.25) is 0 Å². The third-order valence-corrected chi connectivity index (χ3v) is 5.65. The van der Waals surface area contributed by atoms with Crippen molar-refractivity contribution in [2.45, 2.75) is 69.7 Å². The molecule has 3 saturated carbocycles. The fourth-order valence-corrected chi connectivity index (χ4v) is 4.59. The summed E-state index contributed by atoms with van der Waals surface area (Å²) in [5.41, 5.74) is -0.465. The van der Waals surface area contributed by atoms with Gasteiger partial charge in [0.25, 0.3) is 0 Å². The summed E-state index contributed by atoms with van der Waals surface area (Å²) in [6, 6.07) is 0. The highest BCUT2D eigenvalue weighted by molar-refractivity contribution is 5.83. The van der Waals surface area contributed by atoms with Crippen LogP contribution in [0.25, 0.3) is 0 Å². The molecule has 20 heavy (non-hydrogen) atoms. The summed E-state index contributed by atoms with van der Waals surface area (Å²) < 4.78 is 0. The summed E-state index contributed by atoms with van der Waals surface area (Å²) in [7, 11) is 0. The van der Waals surface area contributed by atoms with Gasteiger partial charge in [0.15, 0.2) is 0 Å². The third-order valence-electron chi connectivity index (χ3n) is 5.65. The zero-order valence-electron chi connectivity index (χ0n) is 12.1. The van der Waals surface area contributed by atoms with Crippen molar-refractivity contribution in [3.05, 3.63) is 0 Å². The number of fused-ring (bicyclic) bond motifs is 1. The summed E-state index contributed by atoms with van der Waals surface area (Å²) in [6.45, 7) is 0. The summed E-state index contributed by atoms with van der Waals surface area (Å²) in [6.07, 6.45) is 9.85. The van der Waals surface area contributed by atoms with E-state index in [1.807, 2.05) is 0 Å². The van der Waals surface area contributed by atoms with Crippen LogP contribution in [0.1, 0.15) is 64.2 Å². The Hall–Kier alpha value is -1.06. The van der Waals surface area contributed by atoms with Gasteiger partial charge in [0.2, 0.25) is 5.91 Å². The highest BCUT2D eigenvalue weighted by Gasteiger charge is 2.55. The number of aliphatic carboxylic acids is 1. The molecular formula is C16H25NO3. The molecule has 0 heterocycles. The number of carbonyl (C=O) groups is 2. The molecule has 3 aliphatic rings. The van der Waals surface area contributed by atoms with Gasteiger partial charge in [-0.1, -0.05) is 32.1 Å². The molecule has 0 radical (unpaired) electrons. The molecule has 4 nitrogen and oxygen atoms in total. The van der Waals surface area contributed by atoms with Crippen molar-refractivity contribution in [3.63, 3.8) is 0 Å². The van der Waals surface area contributed by atoms with Crippen molar-refractivity contribution < 1.29 is 14.7 Å². The molecule has 1 amide bonds. The Bertz CT molecular complexity index is 389. The van der Waals surface area contributed by atoms with Crippen LogP contribution in [-0.2, 0) is 9.59 Å². The second-order valence-electron chi connectivity index (χ2n) is 7.04. The number of hydrogen-bond donors (Lipinski definition) is 2. The molecule has 112 valence electrons. The summed E-state index contributed by atoms with van der Waals surface area (Å²) in [5.74, 6) is 0.721. The normalized spacial score (nSPS) is 34.9. The van der Waals surface area contributed by atoms with E-state index in [-0.39, 0.29) is 18.2 Å². The van der Waals surface area contributed by atoms with Gasteiger partial charge in [0.05, 0.1) is 12.0 Å². The molecule has 2 N–H and O–H groups in total. The molecule has 2 atom stereocenters. The Morgan fingerprint density at radius 3 is 2.15 bits per heavy atom. The standard InChI is InChI=1S/C16H25NO3/c18-13(19)10-16(8-4-1-5-9-16)17-15(20)14-11-6-2-3-7-12(11)14/h11-12,14H,1-10H2,(H,17,20)(H,18,19). The number of carboxylic acids is 1.